The van der Waals surface area contributed by atoms with E-state index in [1.807, 2.05) is 32.0 Å². The summed E-state index contributed by atoms with van der Waals surface area (Å²) in [4.78, 5) is 26.7. The Kier molecular flexibility index (Phi) is 7.32. The molecule has 0 saturated carbocycles. The number of anilines is 1. The van der Waals surface area contributed by atoms with Gasteiger partial charge in [-0.1, -0.05) is 24.8 Å². The number of hydrogen-bond acceptors (Lipinski definition) is 3. The van der Waals surface area contributed by atoms with E-state index in [0.29, 0.717) is 22.4 Å². The van der Waals surface area contributed by atoms with Crippen molar-refractivity contribution in [3.63, 3.8) is 0 Å². The fourth-order valence-electron chi connectivity index (χ4n) is 3.35. The van der Waals surface area contributed by atoms with Crippen molar-refractivity contribution >= 4 is 17.6 Å². The lowest BCUT2D eigenvalue weighted by molar-refractivity contribution is -0.143. The number of ether oxygens (including phenoxy) is 1. The number of aryl methyl sites for hydroxylation is 4. The normalized spacial score (nSPS) is 10.6. The van der Waals surface area contributed by atoms with E-state index in [9.17, 15) is 14.0 Å². The molecule has 0 heterocycles. The van der Waals surface area contributed by atoms with Gasteiger partial charge in [0.15, 0.2) is 0 Å². The van der Waals surface area contributed by atoms with E-state index in [-0.39, 0.29) is 31.3 Å². The first-order valence-electron chi connectivity index (χ1n) is 9.68. The first-order valence-corrected chi connectivity index (χ1v) is 9.68. The Morgan fingerprint density at radius 3 is 2.28 bits per heavy atom. The molecule has 0 radical (unpaired) electrons. The van der Waals surface area contributed by atoms with E-state index in [2.05, 4.69) is 6.58 Å². The molecular formula is C24H28FNO3. The number of rotatable bonds is 7. The van der Waals surface area contributed by atoms with Crippen LogP contribution in [0.5, 0.6) is 0 Å². The zero-order valence-corrected chi connectivity index (χ0v) is 17.8. The summed E-state index contributed by atoms with van der Waals surface area (Å²) in [5.41, 5.74) is 4.48. The van der Waals surface area contributed by atoms with Gasteiger partial charge in [-0.25, -0.2) is 4.39 Å². The van der Waals surface area contributed by atoms with E-state index >= 15 is 0 Å². The van der Waals surface area contributed by atoms with Gasteiger partial charge in [0.1, 0.15) is 5.82 Å². The molecule has 0 saturated heterocycles. The van der Waals surface area contributed by atoms with Crippen LogP contribution in [0.3, 0.4) is 0 Å². The van der Waals surface area contributed by atoms with E-state index < -0.39 is 5.82 Å². The predicted octanol–water partition coefficient (Wildman–Crippen LogP) is 5.43. The summed E-state index contributed by atoms with van der Waals surface area (Å²) < 4.78 is 19.4. The third-order valence-corrected chi connectivity index (χ3v) is 4.78. The van der Waals surface area contributed by atoms with Crippen LogP contribution in [0.1, 0.15) is 52.9 Å². The lowest BCUT2D eigenvalue weighted by Gasteiger charge is -2.27. The Morgan fingerprint density at radius 1 is 1.10 bits per heavy atom. The summed E-state index contributed by atoms with van der Waals surface area (Å²) in [7, 11) is 0. The molecular weight excluding hydrogens is 369 g/mol. The number of allylic oxidation sites excluding steroid dienone is 1. The van der Waals surface area contributed by atoms with Crippen LogP contribution in [0.25, 0.3) is 0 Å². The Hall–Kier alpha value is -2.95. The Balaban J connectivity index is 2.45. The molecule has 2 aromatic carbocycles. The van der Waals surface area contributed by atoms with Gasteiger partial charge in [-0.05, 0) is 75.4 Å². The van der Waals surface area contributed by atoms with Crippen LogP contribution in [0.4, 0.5) is 10.1 Å². The van der Waals surface area contributed by atoms with Crippen LogP contribution in [0.15, 0.2) is 42.6 Å². The van der Waals surface area contributed by atoms with Gasteiger partial charge in [-0.2, -0.15) is 0 Å². The Bertz CT molecular complexity index is 929. The average molecular weight is 397 g/mol. The van der Waals surface area contributed by atoms with Crippen LogP contribution >= 0.6 is 0 Å². The number of amides is 1. The van der Waals surface area contributed by atoms with Crippen molar-refractivity contribution in [2.45, 2.75) is 47.5 Å². The molecule has 0 aliphatic heterocycles. The van der Waals surface area contributed by atoms with Crippen LogP contribution in [-0.2, 0) is 16.0 Å². The van der Waals surface area contributed by atoms with E-state index in [1.54, 1.807) is 25.7 Å². The molecule has 0 N–H and O–H groups in total. The largest absolute Gasteiger partial charge is 0.466 e. The van der Waals surface area contributed by atoms with E-state index in [0.717, 1.165) is 16.8 Å². The fourth-order valence-corrected chi connectivity index (χ4v) is 3.35. The SMILES string of the molecule is C=C(C)N(C(=O)c1cc(CCC(=O)OCC)c(F)cc1C)c1c(C)cccc1C. The molecule has 154 valence electrons. The molecule has 0 bridgehead atoms. The fraction of sp³-hybridized carbons (Fsp3) is 0.333. The molecule has 29 heavy (non-hydrogen) atoms. The molecule has 2 rings (SSSR count). The highest BCUT2D eigenvalue weighted by Gasteiger charge is 2.24. The summed E-state index contributed by atoms with van der Waals surface area (Å²) in [6, 6.07) is 8.69. The number of carbonyl (C=O) groups is 2. The molecule has 2 aromatic rings. The first-order chi connectivity index (χ1) is 13.7. The Morgan fingerprint density at radius 2 is 1.72 bits per heavy atom. The van der Waals surface area contributed by atoms with Crippen molar-refractivity contribution in [2.24, 2.45) is 0 Å². The highest BCUT2D eigenvalue weighted by Crippen LogP contribution is 2.30. The minimum absolute atomic E-state index is 0.0581. The van der Waals surface area contributed by atoms with Crippen LogP contribution in [0.2, 0.25) is 0 Å². The zero-order chi connectivity index (χ0) is 21.7. The summed E-state index contributed by atoms with van der Waals surface area (Å²) >= 11 is 0. The lowest BCUT2D eigenvalue weighted by Crippen LogP contribution is -2.31. The molecule has 4 nitrogen and oxygen atoms in total. The second kappa shape index (κ2) is 9.50. The summed E-state index contributed by atoms with van der Waals surface area (Å²) in [5, 5.41) is 0. The van der Waals surface area contributed by atoms with Crippen molar-refractivity contribution in [1.82, 2.24) is 0 Å². The van der Waals surface area contributed by atoms with E-state index in [1.165, 1.54) is 12.1 Å². The zero-order valence-electron chi connectivity index (χ0n) is 17.8. The minimum Gasteiger partial charge on any atom is -0.466 e. The van der Waals surface area contributed by atoms with E-state index in [4.69, 9.17) is 4.74 Å². The first kappa shape index (κ1) is 22.3. The maximum atomic E-state index is 14.4. The number of carbonyl (C=O) groups excluding carboxylic acids is 2. The second-order valence-electron chi connectivity index (χ2n) is 7.18. The number of halogens is 1. The van der Waals surface area contributed by atoms with Crippen molar-refractivity contribution in [2.75, 3.05) is 11.5 Å². The molecule has 0 atom stereocenters. The van der Waals surface area contributed by atoms with Gasteiger partial charge in [0.25, 0.3) is 5.91 Å². The highest BCUT2D eigenvalue weighted by molar-refractivity contribution is 6.09. The third kappa shape index (κ3) is 5.11. The molecule has 0 fully saturated rings. The topological polar surface area (TPSA) is 46.6 Å². The second-order valence-corrected chi connectivity index (χ2v) is 7.18. The number of para-hydroxylation sites is 1. The van der Waals surface area contributed by atoms with Crippen LogP contribution in [-0.4, -0.2) is 18.5 Å². The number of esters is 1. The molecule has 0 aliphatic rings. The molecule has 0 aliphatic carbocycles. The maximum Gasteiger partial charge on any atom is 0.306 e. The molecule has 0 aromatic heterocycles. The lowest BCUT2D eigenvalue weighted by atomic mass is 9.99. The minimum atomic E-state index is -0.433. The standard InChI is InChI=1S/C24H28FNO3/c1-7-29-22(27)12-11-19-14-20(18(6)13-21(19)25)24(28)26(15(2)3)23-16(4)9-8-10-17(23)5/h8-10,13-14H,2,7,11-12H2,1,3-6H3. The number of nitrogens with zero attached hydrogens (tertiary/aromatic N) is 1. The van der Waals surface area contributed by atoms with Gasteiger partial charge >= 0.3 is 5.97 Å². The molecule has 0 spiro atoms. The van der Waals surface area contributed by atoms with Gasteiger partial charge in [0, 0.05) is 17.7 Å². The van der Waals surface area contributed by atoms with Crippen molar-refractivity contribution in [3.8, 4) is 0 Å². The van der Waals surface area contributed by atoms with Gasteiger partial charge in [0.05, 0.1) is 12.3 Å². The van der Waals surface area contributed by atoms with Crippen LogP contribution < -0.4 is 4.90 Å². The maximum absolute atomic E-state index is 14.4. The van der Waals surface area contributed by atoms with Gasteiger partial charge in [-0.15, -0.1) is 0 Å². The molecule has 1 amide bonds. The quantitative estimate of drug-likeness (QED) is 0.586. The summed E-state index contributed by atoms with van der Waals surface area (Å²) in [5.74, 6) is -1.10. The summed E-state index contributed by atoms with van der Waals surface area (Å²) in [6.45, 7) is 13.3. The van der Waals surface area contributed by atoms with Crippen LogP contribution in [0, 0.1) is 26.6 Å². The predicted molar refractivity (Wildman–Crippen MR) is 114 cm³/mol. The Labute approximate surface area is 172 Å². The highest BCUT2D eigenvalue weighted by atomic mass is 19.1. The van der Waals surface area contributed by atoms with Crippen molar-refractivity contribution in [1.29, 1.82) is 0 Å². The number of benzene rings is 2. The van der Waals surface area contributed by atoms with Gasteiger partial charge < -0.3 is 4.74 Å². The van der Waals surface area contributed by atoms with Crippen molar-refractivity contribution < 1.29 is 18.7 Å². The monoisotopic (exact) mass is 397 g/mol. The van der Waals surface area contributed by atoms with Crippen molar-refractivity contribution in [3.05, 3.63) is 76.2 Å². The molecule has 0 unspecified atom stereocenters. The summed E-state index contributed by atoms with van der Waals surface area (Å²) in [6.07, 6.45) is 0.226. The molecule has 5 heteroatoms. The average Bonchev–Trinajstić information content (AvgIpc) is 2.63. The third-order valence-electron chi connectivity index (χ3n) is 4.78. The number of hydrogen-bond donors (Lipinski definition) is 0. The van der Waals surface area contributed by atoms with Gasteiger partial charge in [0.2, 0.25) is 0 Å². The van der Waals surface area contributed by atoms with Gasteiger partial charge in [-0.3, -0.25) is 14.5 Å². The smallest absolute Gasteiger partial charge is 0.306 e.